The van der Waals surface area contributed by atoms with Gasteiger partial charge in [0.25, 0.3) is 5.69 Å². The topological polar surface area (TPSA) is 128 Å². The first kappa shape index (κ1) is 15.1. The highest BCUT2D eigenvalue weighted by molar-refractivity contribution is 5.84. The van der Waals surface area contributed by atoms with Gasteiger partial charge in [-0.1, -0.05) is 11.8 Å². The third kappa shape index (κ3) is 3.42. The van der Waals surface area contributed by atoms with E-state index in [4.69, 9.17) is 0 Å². The third-order valence-electron chi connectivity index (χ3n) is 2.55. The maximum atomic E-state index is 13.2. The monoisotopic (exact) mass is 305 g/mol. The summed E-state index contributed by atoms with van der Waals surface area (Å²) in [5, 5.41) is 28.4. The van der Waals surface area contributed by atoms with Crippen molar-refractivity contribution in [3.05, 3.63) is 45.9 Å². The molecule has 9 nitrogen and oxygen atoms in total. The number of non-ortho nitro benzene ring substituents is 1. The second kappa shape index (κ2) is 6.43. The summed E-state index contributed by atoms with van der Waals surface area (Å²) in [5.74, 6) is -1.07. The highest BCUT2D eigenvalue weighted by Crippen LogP contribution is 2.19. The smallest absolute Gasteiger partial charge is 0.270 e. The lowest BCUT2D eigenvalue weighted by Crippen LogP contribution is -2.03. The molecule has 0 saturated heterocycles. The number of hydrogen-bond donors (Lipinski definition) is 2. The molecule has 0 aliphatic carbocycles. The number of hydrazone groups is 1. The van der Waals surface area contributed by atoms with Crippen molar-refractivity contribution >= 4 is 23.7 Å². The molecule has 10 heteroatoms. The Balaban J connectivity index is 2.16. The molecule has 0 atom stereocenters. The molecule has 1 aromatic heterocycles. The van der Waals surface area contributed by atoms with Gasteiger partial charge in [0.1, 0.15) is 0 Å². The van der Waals surface area contributed by atoms with Crippen molar-refractivity contribution in [1.29, 1.82) is 0 Å². The SMILES string of the molecule is CNc1nc(N/N=C/c2cc([N+](=O)[O-])ccc2[O-])ncc1F. The van der Waals surface area contributed by atoms with E-state index in [2.05, 4.69) is 25.8 Å². The largest absolute Gasteiger partial charge is 0.872 e. The van der Waals surface area contributed by atoms with E-state index in [1.807, 2.05) is 0 Å². The number of nitro groups is 1. The summed E-state index contributed by atoms with van der Waals surface area (Å²) in [6, 6.07) is 3.28. The van der Waals surface area contributed by atoms with Crippen LogP contribution in [0.3, 0.4) is 0 Å². The average molecular weight is 305 g/mol. The Bertz CT molecular complexity index is 737. The van der Waals surface area contributed by atoms with Gasteiger partial charge in [-0.15, -0.1) is 0 Å². The Labute approximate surface area is 123 Å². The number of nitrogens with one attached hydrogen (secondary N) is 2. The number of hydrogen-bond acceptors (Lipinski definition) is 8. The van der Waals surface area contributed by atoms with E-state index in [1.165, 1.54) is 7.05 Å². The number of halogens is 1. The molecule has 22 heavy (non-hydrogen) atoms. The zero-order chi connectivity index (χ0) is 16.1. The second-order valence-electron chi connectivity index (χ2n) is 3.99. The van der Waals surface area contributed by atoms with Crippen LogP contribution in [-0.2, 0) is 0 Å². The van der Waals surface area contributed by atoms with Crippen LogP contribution < -0.4 is 15.8 Å². The first-order valence-corrected chi connectivity index (χ1v) is 5.96. The van der Waals surface area contributed by atoms with Crippen molar-refractivity contribution in [1.82, 2.24) is 9.97 Å². The molecular formula is C12H10FN6O3-. The molecule has 0 aliphatic heterocycles. The van der Waals surface area contributed by atoms with Crippen LogP contribution in [0.15, 0.2) is 29.5 Å². The molecule has 0 spiro atoms. The van der Waals surface area contributed by atoms with E-state index in [0.29, 0.717) is 0 Å². The van der Waals surface area contributed by atoms with Gasteiger partial charge in [0.15, 0.2) is 11.6 Å². The van der Waals surface area contributed by atoms with Crippen LogP contribution in [0.5, 0.6) is 5.75 Å². The third-order valence-corrected chi connectivity index (χ3v) is 2.55. The zero-order valence-electron chi connectivity index (χ0n) is 11.3. The predicted octanol–water partition coefficient (Wildman–Crippen LogP) is 1.09. The molecular weight excluding hydrogens is 295 g/mol. The summed E-state index contributed by atoms with van der Waals surface area (Å²) >= 11 is 0. The highest BCUT2D eigenvalue weighted by atomic mass is 19.1. The minimum absolute atomic E-state index is 0.000111. The van der Waals surface area contributed by atoms with Crippen LogP contribution in [0, 0.1) is 15.9 Å². The van der Waals surface area contributed by atoms with Gasteiger partial charge in [-0.2, -0.15) is 10.1 Å². The molecule has 2 rings (SSSR count). The van der Waals surface area contributed by atoms with Crippen molar-refractivity contribution in [3.8, 4) is 5.75 Å². The van der Waals surface area contributed by atoms with Gasteiger partial charge in [-0.25, -0.2) is 14.8 Å². The van der Waals surface area contributed by atoms with Crippen LogP contribution in [0.1, 0.15) is 5.56 Å². The van der Waals surface area contributed by atoms with Crippen molar-refractivity contribution < 1.29 is 14.4 Å². The summed E-state index contributed by atoms with van der Waals surface area (Å²) in [5.41, 5.74) is 2.20. The average Bonchev–Trinajstić information content (AvgIpc) is 2.50. The van der Waals surface area contributed by atoms with Gasteiger partial charge in [0, 0.05) is 19.2 Å². The molecule has 0 unspecified atom stereocenters. The second-order valence-corrected chi connectivity index (χ2v) is 3.99. The van der Waals surface area contributed by atoms with Gasteiger partial charge in [0.2, 0.25) is 5.95 Å². The number of nitro benzene ring substituents is 1. The fraction of sp³-hybridized carbons (Fsp3) is 0.0833. The molecule has 2 N–H and O–H groups in total. The highest BCUT2D eigenvalue weighted by Gasteiger charge is 2.06. The normalized spacial score (nSPS) is 10.6. The Kier molecular flexibility index (Phi) is 4.41. The maximum Gasteiger partial charge on any atom is 0.270 e. The molecule has 0 bridgehead atoms. The van der Waals surface area contributed by atoms with Crippen LogP contribution in [0.4, 0.5) is 21.8 Å². The van der Waals surface area contributed by atoms with Crippen molar-refractivity contribution in [2.24, 2.45) is 5.10 Å². The minimum atomic E-state index is -0.627. The Hall–Kier alpha value is -3.30. The maximum absolute atomic E-state index is 13.2. The van der Waals surface area contributed by atoms with E-state index < -0.39 is 16.5 Å². The lowest BCUT2D eigenvalue weighted by Gasteiger charge is -2.08. The molecule has 0 radical (unpaired) electrons. The minimum Gasteiger partial charge on any atom is -0.872 e. The van der Waals surface area contributed by atoms with Crippen LogP contribution in [0.2, 0.25) is 0 Å². The molecule has 114 valence electrons. The fourth-order valence-electron chi connectivity index (χ4n) is 1.51. The number of aromatic nitrogens is 2. The van der Waals surface area contributed by atoms with E-state index >= 15 is 0 Å². The lowest BCUT2D eigenvalue weighted by molar-refractivity contribution is -0.385. The number of rotatable bonds is 5. The molecule has 0 fully saturated rings. The van der Waals surface area contributed by atoms with E-state index in [1.54, 1.807) is 0 Å². The van der Waals surface area contributed by atoms with Crippen molar-refractivity contribution in [2.75, 3.05) is 17.8 Å². The zero-order valence-corrected chi connectivity index (χ0v) is 11.3. The number of nitrogens with zero attached hydrogens (tertiary/aromatic N) is 4. The predicted molar refractivity (Wildman–Crippen MR) is 75.3 cm³/mol. The molecule has 0 aliphatic rings. The summed E-state index contributed by atoms with van der Waals surface area (Å²) in [6.45, 7) is 0. The van der Waals surface area contributed by atoms with E-state index in [-0.39, 0.29) is 23.0 Å². The van der Waals surface area contributed by atoms with Gasteiger partial charge >= 0.3 is 0 Å². The van der Waals surface area contributed by atoms with Gasteiger partial charge < -0.3 is 10.4 Å². The fourth-order valence-corrected chi connectivity index (χ4v) is 1.51. The molecule has 1 heterocycles. The van der Waals surface area contributed by atoms with E-state index in [9.17, 15) is 19.6 Å². The summed E-state index contributed by atoms with van der Waals surface area (Å²) in [7, 11) is 1.49. The number of anilines is 2. The first-order valence-electron chi connectivity index (χ1n) is 5.96. The summed E-state index contributed by atoms with van der Waals surface area (Å²) < 4.78 is 13.2. The van der Waals surface area contributed by atoms with Crippen molar-refractivity contribution in [3.63, 3.8) is 0 Å². The van der Waals surface area contributed by atoms with Gasteiger partial charge in [-0.3, -0.25) is 10.1 Å². The van der Waals surface area contributed by atoms with E-state index in [0.717, 1.165) is 30.6 Å². The number of benzene rings is 1. The molecule has 1 aromatic carbocycles. The van der Waals surface area contributed by atoms with Crippen LogP contribution in [-0.4, -0.2) is 28.2 Å². The van der Waals surface area contributed by atoms with Crippen molar-refractivity contribution in [2.45, 2.75) is 0 Å². The Morgan fingerprint density at radius 3 is 2.91 bits per heavy atom. The van der Waals surface area contributed by atoms with Gasteiger partial charge in [-0.05, 0) is 5.56 Å². The van der Waals surface area contributed by atoms with Crippen LogP contribution in [0.25, 0.3) is 0 Å². The lowest BCUT2D eigenvalue weighted by atomic mass is 10.2. The summed E-state index contributed by atoms with van der Waals surface area (Å²) in [6.07, 6.45) is 2.05. The molecule has 0 saturated carbocycles. The standard InChI is InChI=1S/C12H11FN6O3/c1-14-11-9(13)6-15-12(17-11)18-16-5-7-4-8(19(21)22)2-3-10(7)20/h2-6,20H,1H3,(H2,14,15,17,18)/p-1/b16-5+. The molecule has 0 amide bonds. The quantitative estimate of drug-likeness (QED) is 0.480. The summed E-state index contributed by atoms with van der Waals surface area (Å²) in [4.78, 5) is 17.5. The Morgan fingerprint density at radius 1 is 1.45 bits per heavy atom. The van der Waals surface area contributed by atoms with Gasteiger partial charge in [0.05, 0.1) is 17.3 Å². The Morgan fingerprint density at radius 2 is 2.23 bits per heavy atom. The van der Waals surface area contributed by atoms with Crippen LogP contribution >= 0.6 is 0 Å². The first-order chi connectivity index (χ1) is 10.5. The molecule has 2 aromatic rings.